The van der Waals surface area contributed by atoms with Gasteiger partial charge in [0.25, 0.3) is 0 Å². The fourth-order valence-electron chi connectivity index (χ4n) is 1.44. The first-order valence-corrected chi connectivity index (χ1v) is 11.4. The summed E-state index contributed by atoms with van der Waals surface area (Å²) in [5, 5.41) is 24.8. The topological polar surface area (TPSA) is 172 Å². The lowest BCUT2D eigenvalue weighted by Gasteiger charge is -2.21. The number of hydrogen-bond acceptors (Lipinski definition) is 10. The fourth-order valence-corrected chi connectivity index (χ4v) is 2.06. The predicted molar refractivity (Wildman–Crippen MR) is 137 cm³/mol. The van der Waals surface area contributed by atoms with Crippen LogP contribution in [0.1, 0.15) is 53.9 Å². The molecule has 0 rings (SSSR count). The average Bonchev–Trinajstić information content (AvgIpc) is 2.62. The molecule has 3 atom stereocenters. The second-order valence-corrected chi connectivity index (χ2v) is 11.3. The molecule has 0 saturated carbocycles. The molecule has 1 unspecified atom stereocenters. The first-order valence-electron chi connectivity index (χ1n) is 9.41. The molecule has 32 heavy (non-hydrogen) atoms. The van der Waals surface area contributed by atoms with Crippen molar-refractivity contribution in [1.82, 2.24) is 0 Å². The van der Waals surface area contributed by atoms with Crippen LogP contribution in [0.3, 0.4) is 0 Å². The van der Waals surface area contributed by atoms with Crippen LogP contribution >= 0.6 is 50.5 Å². The predicted octanol–water partition coefficient (Wildman–Crippen LogP) is 2.13. The standard InChI is InChI=1S/C8H14O3S2.C6H10O3S.C5H11NO2S/c1-8(2,13)6(9)3-5(4-12)7(10)11;1-4(10)5(7)2-3-6(8)9;1-5(2,9)3(6)4(7)8/h5,12-13H,3-4H2,1-2H3,(H,10,11);4,10H,2-3H2,1H3,(H,8,9);3,9H,6H2,1-2H3,(H,7,8)/t5-;;3-/m0.0/s1. The highest BCUT2D eigenvalue weighted by Gasteiger charge is 2.28. The zero-order chi connectivity index (χ0) is 26.4. The summed E-state index contributed by atoms with van der Waals surface area (Å²) in [6.07, 6.45) is -0.0148. The quantitative estimate of drug-likeness (QED) is 0.185. The Morgan fingerprint density at radius 2 is 1.34 bits per heavy atom. The minimum Gasteiger partial charge on any atom is -0.481 e. The van der Waals surface area contributed by atoms with Gasteiger partial charge in [0, 0.05) is 23.3 Å². The van der Waals surface area contributed by atoms with Crippen LogP contribution in [0.5, 0.6) is 0 Å². The zero-order valence-corrected chi connectivity index (χ0v) is 22.4. The summed E-state index contributed by atoms with van der Waals surface area (Å²) < 4.78 is -1.41. The van der Waals surface area contributed by atoms with Gasteiger partial charge in [-0.3, -0.25) is 24.0 Å². The third-order valence-corrected chi connectivity index (χ3v) is 5.02. The van der Waals surface area contributed by atoms with Gasteiger partial charge in [0.15, 0.2) is 0 Å². The fraction of sp³-hybridized carbons (Fsp3) is 0.737. The van der Waals surface area contributed by atoms with Crippen LogP contribution in [0.25, 0.3) is 0 Å². The number of carbonyl (C=O) groups excluding carboxylic acids is 2. The van der Waals surface area contributed by atoms with Gasteiger partial charge < -0.3 is 21.1 Å². The normalized spacial score (nSPS) is 13.8. The van der Waals surface area contributed by atoms with Gasteiger partial charge in [-0.1, -0.05) is 0 Å². The second-order valence-electron chi connectivity index (χ2n) is 7.91. The van der Waals surface area contributed by atoms with Gasteiger partial charge in [-0.2, -0.15) is 50.5 Å². The van der Waals surface area contributed by atoms with Crippen LogP contribution in [0.2, 0.25) is 0 Å². The number of thiol groups is 4. The third-order valence-electron chi connectivity index (χ3n) is 3.76. The van der Waals surface area contributed by atoms with Crippen molar-refractivity contribution in [3.63, 3.8) is 0 Å². The monoisotopic (exact) mass is 533 g/mol. The number of hydrogen-bond donors (Lipinski definition) is 8. The molecule has 0 aliphatic carbocycles. The molecule has 0 saturated heterocycles. The maximum absolute atomic E-state index is 11.4. The molecule has 0 aromatic rings. The van der Waals surface area contributed by atoms with Gasteiger partial charge in [0.1, 0.15) is 17.6 Å². The van der Waals surface area contributed by atoms with Crippen LogP contribution < -0.4 is 5.73 Å². The SMILES string of the molecule is CC(C)(S)C(=O)C[C@@H](CS)C(=O)O.CC(C)(S)[C@@H](N)C(=O)O.CC(S)C(=O)CCC(=O)O. The summed E-state index contributed by atoms with van der Waals surface area (Å²) in [4.78, 5) is 52.8. The van der Waals surface area contributed by atoms with Gasteiger partial charge in [-0.05, 0) is 34.6 Å². The Hall–Kier alpha value is -0.890. The van der Waals surface area contributed by atoms with E-state index < -0.39 is 39.4 Å². The number of ketones is 2. The van der Waals surface area contributed by atoms with Crippen LogP contribution in [0.15, 0.2) is 0 Å². The summed E-state index contributed by atoms with van der Waals surface area (Å²) in [7, 11) is 0. The van der Waals surface area contributed by atoms with Crippen molar-refractivity contribution in [3.8, 4) is 0 Å². The second kappa shape index (κ2) is 16.7. The molecule has 0 aromatic carbocycles. The lowest BCUT2D eigenvalue weighted by Crippen LogP contribution is -2.45. The number of aliphatic carboxylic acids is 3. The van der Waals surface area contributed by atoms with E-state index in [2.05, 4.69) is 50.5 Å². The van der Waals surface area contributed by atoms with Crippen LogP contribution in [-0.4, -0.2) is 71.3 Å². The van der Waals surface area contributed by atoms with E-state index in [-0.39, 0.29) is 41.8 Å². The number of nitrogens with two attached hydrogens (primary N) is 1. The van der Waals surface area contributed by atoms with E-state index >= 15 is 0 Å². The molecule has 0 aromatic heterocycles. The molecule has 0 bridgehead atoms. The van der Waals surface area contributed by atoms with Gasteiger partial charge in [0.2, 0.25) is 0 Å². The highest BCUT2D eigenvalue weighted by Crippen LogP contribution is 2.19. The lowest BCUT2D eigenvalue weighted by atomic mass is 9.97. The minimum atomic E-state index is -1.02. The molecule has 0 heterocycles. The smallest absolute Gasteiger partial charge is 0.321 e. The first kappa shape index (κ1) is 35.7. The van der Waals surface area contributed by atoms with Crippen molar-refractivity contribution in [3.05, 3.63) is 0 Å². The molecular weight excluding hydrogens is 498 g/mol. The molecular formula is C19H35NO8S4. The maximum atomic E-state index is 11.4. The summed E-state index contributed by atoms with van der Waals surface area (Å²) >= 11 is 15.8. The van der Waals surface area contributed by atoms with E-state index in [1.807, 2.05) is 0 Å². The summed E-state index contributed by atoms with van der Waals surface area (Å²) in [5.74, 6) is -3.77. The maximum Gasteiger partial charge on any atom is 0.321 e. The van der Waals surface area contributed by atoms with E-state index in [0.717, 1.165) is 0 Å². The Bertz CT molecular complexity index is 642. The number of Topliss-reactive ketones (excluding diaryl/α,β-unsaturated/α-hetero) is 2. The molecule has 0 radical (unpaired) electrons. The summed E-state index contributed by atoms with van der Waals surface area (Å²) in [6, 6.07) is -0.902. The Kier molecular flexibility index (Phi) is 18.6. The largest absolute Gasteiger partial charge is 0.481 e. The van der Waals surface area contributed by atoms with Crippen molar-refractivity contribution >= 4 is 80.0 Å². The highest BCUT2D eigenvalue weighted by atomic mass is 32.1. The molecule has 13 heteroatoms. The molecule has 0 amide bonds. The average molecular weight is 534 g/mol. The van der Waals surface area contributed by atoms with Crippen molar-refractivity contribution in [2.75, 3.05) is 5.75 Å². The van der Waals surface area contributed by atoms with Crippen LogP contribution in [0.4, 0.5) is 0 Å². The van der Waals surface area contributed by atoms with E-state index in [1.54, 1.807) is 34.6 Å². The Morgan fingerprint density at radius 3 is 1.53 bits per heavy atom. The van der Waals surface area contributed by atoms with Crippen molar-refractivity contribution < 1.29 is 39.3 Å². The van der Waals surface area contributed by atoms with Gasteiger partial charge in [0.05, 0.1) is 22.3 Å². The van der Waals surface area contributed by atoms with Crippen molar-refractivity contribution in [2.24, 2.45) is 11.7 Å². The Labute approximate surface area is 210 Å². The van der Waals surface area contributed by atoms with Gasteiger partial charge in [-0.25, -0.2) is 0 Å². The molecule has 0 aliphatic heterocycles. The molecule has 9 nitrogen and oxygen atoms in total. The summed E-state index contributed by atoms with van der Waals surface area (Å²) in [5.41, 5.74) is 5.22. The number of carbonyl (C=O) groups is 5. The lowest BCUT2D eigenvalue weighted by molar-refractivity contribution is -0.143. The minimum absolute atomic E-state index is 0.00463. The molecule has 188 valence electrons. The van der Waals surface area contributed by atoms with E-state index in [1.165, 1.54) is 0 Å². The Morgan fingerprint density at radius 1 is 0.906 bits per heavy atom. The third kappa shape index (κ3) is 19.8. The van der Waals surface area contributed by atoms with Crippen LogP contribution in [-0.2, 0) is 24.0 Å². The molecule has 5 N–H and O–H groups in total. The van der Waals surface area contributed by atoms with Crippen molar-refractivity contribution in [2.45, 2.75) is 74.7 Å². The van der Waals surface area contributed by atoms with Gasteiger partial charge in [-0.15, -0.1) is 0 Å². The van der Waals surface area contributed by atoms with Crippen molar-refractivity contribution in [1.29, 1.82) is 0 Å². The van der Waals surface area contributed by atoms with E-state index in [0.29, 0.717) is 0 Å². The highest BCUT2D eigenvalue weighted by molar-refractivity contribution is 7.82. The van der Waals surface area contributed by atoms with E-state index in [4.69, 9.17) is 21.1 Å². The summed E-state index contributed by atoms with van der Waals surface area (Å²) in [6.45, 7) is 8.25. The number of carboxylic acid groups (broad SMARTS) is 3. The number of rotatable bonds is 11. The van der Waals surface area contributed by atoms with Gasteiger partial charge >= 0.3 is 17.9 Å². The van der Waals surface area contributed by atoms with Crippen LogP contribution in [0, 0.1) is 5.92 Å². The molecule has 0 spiro atoms. The zero-order valence-electron chi connectivity index (χ0n) is 18.8. The number of carboxylic acids is 3. The molecule has 0 aliphatic rings. The Balaban J connectivity index is -0.000000403. The van der Waals surface area contributed by atoms with E-state index in [9.17, 15) is 24.0 Å². The molecule has 0 fully saturated rings. The first-order chi connectivity index (χ1) is 14.2.